The normalized spacial score (nSPS) is 12.4. The Morgan fingerprint density at radius 3 is 1.03 bits per heavy atom. The molecule has 0 heterocycles. The van der Waals surface area contributed by atoms with E-state index in [4.69, 9.17) is 9.47 Å². The highest BCUT2D eigenvalue weighted by atomic mass is 16.6. The third-order valence-electron chi connectivity index (χ3n) is 12.5. The van der Waals surface area contributed by atoms with Crippen LogP contribution in [0.1, 0.15) is 303 Å². The molecule has 1 atom stereocenters. The molecule has 0 bridgehead atoms. The number of esters is 1. The van der Waals surface area contributed by atoms with E-state index in [1.165, 1.54) is 257 Å². The summed E-state index contributed by atoms with van der Waals surface area (Å²) in [7, 11) is 0. The highest BCUT2D eigenvalue weighted by Gasteiger charge is 2.13. The smallest absolute Gasteiger partial charge is 0.306 e. The molecule has 0 spiro atoms. The summed E-state index contributed by atoms with van der Waals surface area (Å²) < 4.78 is 11.2. The quantitative estimate of drug-likeness (QED) is 0.0376. The molecule has 0 rings (SSSR count). The lowest BCUT2D eigenvalue weighted by atomic mass is 10.0. The number of hydrogen-bond donors (Lipinski definition) is 1. The van der Waals surface area contributed by atoms with Crippen LogP contribution in [0.2, 0.25) is 0 Å². The van der Waals surface area contributed by atoms with E-state index >= 15 is 0 Å². The van der Waals surface area contributed by atoms with Gasteiger partial charge in [-0.3, -0.25) is 4.79 Å². The Morgan fingerprint density at radius 1 is 0.400 bits per heavy atom. The number of rotatable bonds is 52. The van der Waals surface area contributed by atoms with Gasteiger partial charge in [-0.25, -0.2) is 0 Å². The van der Waals surface area contributed by atoms with E-state index in [2.05, 4.69) is 38.2 Å². The summed E-state index contributed by atoms with van der Waals surface area (Å²) in [6.07, 6.45) is 68.6. The van der Waals surface area contributed by atoms with Crippen LogP contribution in [0, 0.1) is 0 Å². The molecule has 4 heteroatoms. The second-order valence-electron chi connectivity index (χ2n) is 18.7. The van der Waals surface area contributed by atoms with Crippen LogP contribution < -0.4 is 0 Å². The van der Waals surface area contributed by atoms with Crippen molar-refractivity contribution in [2.45, 2.75) is 309 Å². The van der Waals surface area contributed by atoms with Gasteiger partial charge in [0.25, 0.3) is 0 Å². The first-order valence-corrected chi connectivity index (χ1v) is 27.4. The van der Waals surface area contributed by atoms with Crippen LogP contribution in [-0.2, 0) is 14.3 Å². The van der Waals surface area contributed by atoms with Crippen molar-refractivity contribution >= 4 is 5.97 Å². The first-order chi connectivity index (χ1) is 29.7. The predicted octanol–water partition coefficient (Wildman–Crippen LogP) is 18.6. The Hall–Kier alpha value is -1.13. The molecule has 0 radical (unpaired) electrons. The second kappa shape index (κ2) is 54.0. The zero-order valence-electron chi connectivity index (χ0n) is 41.0. The van der Waals surface area contributed by atoms with Gasteiger partial charge in [-0.05, 0) is 44.9 Å². The number of aliphatic hydroxyl groups is 1. The average molecular weight is 845 g/mol. The number of ether oxygens (including phenoxy) is 2. The lowest BCUT2D eigenvalue weighted by Gasteiger charge is -2.16. The van der Waals surface area contributed by atoms with E-state index in [1.54, 1.807) is 0 Å². The van der Waals surface area contributed by atoms with Crippen LogP contribution in [0.3, 0.4) is 0 Å². The lowest BCUT2D eigenvalue weighted by molar-refractivity contribution is -0.154. The van der Waals surface area contributed by atoms with Crippen molar-refractivity contribution in [2.75, 3.05) is 19.8 Å². The maximum absolute atomic E-state index is 12.3. The van der Waals surface area contributed by atoms with Crippen molar-refractivity contribution in [3.8, 4) is 0 Å². The van der Waals surface area contributed by atoms with Crippen LogP contribution in [0.15, 0.2) is 24.3 Å². The third-order valence-corrected chi connectivity index (χ3v) is 12.5. The summed E-state index contributed by atoms with van der Waals surface area (Å²) in [4.78, 5) is 12.3. The minimum Gasteiger partial charge on any atom is -0.457 e. The molecule has 0 aliphatic carbocycles. The monoisotopic (exact) mass is 845 g/mol. The number of carbonyl (C=O) groups is 1. The SMILES string of the molecule is CCCCCCC/C=C\C/C=C\CCCCCCCCCCCCCCCC(=O)OC(CO)COCCCCCCCCCCCCCCCCCCCCCCCCC. The largest absolute Gasteiger partial charge is 0.457 e. The molecule has 1 unspecified atom stereocenters. The van der Waals surface area contributed by atoms with Crippen molar-refractivity contribution in [1.82, 2.24) is 0 Å². The maximum atomic E-state index is 12.3. The number of hydrogen-bond acceptors (Lipinski definition) is 4. The lowest BCUT2D eigenvalue weighted by Crippen LogP contribution is -2.27. The van der Waals surface area contributed by atoms with Gasteiger partial charge in [0.1, 0.15) is 6.10 Å². The number of allylic oxidation sites excluding steroid dienone is 4. The van der Waals surface area contributed by atoms with Crippen LogP contribution in [-0.4, -0.2) is 37.0 Å². The van der Waals surface area contributed by atoms with Gasteiger partial charge in [0.2, 0.25) is 0 Å². The van der Waals surface area contributed by atoms with Gasteiger partial charge in [-0.2, -0.15) is 0 Å². The fourth-order valence-corrected chi connectivity index (χ4v) is 8.42. The van der Waals surface area contributed by atoms with Crippen LogP contribution in [0.25, 0.3) is 0 Å². The zero-order valence-corrected chi connectivity index (χ0v) is 41.0. The van der Waals surface area contributed by atoms with Crippen molar-refractivity contribution in [3.63, 3.8) is 0 Å². The molecule has 60 heavy (non-hydrogen) atoms. The Kier molecular flexibility index (Phi) is 53.0. The van der Waals surface area contributed by atoms with Crippen LogP contribution >= 0.6 is 0 Å². The molecule has 0 fully saturated rings. The van der Waals surface area contributed by atoms with Gasteiger partial charge in [-0.15, -0.1) is 0 Å². The molecule has 0 saturated heterocycles. The van der Waals surface area contributed by atoms with Crippen molar-refractivity contribution < 1.29 is 19.4 Å². The predicted molar refractivity (Wildman–Crippen MR) is 265 cm³/mol. The minimum atomic E-state index is -0.531. The molecule has 356 valence electrons. The van der Waals surface area contributed by atoms with Gasteiger partial charge in [0.15, 0.2) is 0 Å². The highest BCUT2D eigenvalue weighted by Crippen LogP contribution is 2.17. The van der Waals surface area contributed by atoms with E-state index in [0.29, 0.717) is 19.6 Å². The minimum absolute atomic E-state index is 0.166. The first kappa shape index (κ1) is 58.9. The van der Waals surface area contributed by atoms with Gasteiger partial charge in [0.05, 0.1) is 13.2 Å². The molecule has 0 aromatic heterocycles. The van der Waals surface area contributed by atoms with Gasteiger partial charge >= 0.3 is 5.97 Å². The molecular weight excluding hydrogens is 737 g/mol. The van der Waals surface area contributed by atoms with Gasteiger partial charge in [-0.1, -0.05) is 276 Å². The fraction of sp³-hybridized carbons (Fsp3) is 0.911. The van der Waals surface area contributed by atoms with Crippen molar-refractivity contribution in [3.05, 3.63) is 24.3 Å². The van der Waals surface area contributed by atoms with E-state index in [1.807, 2.05) is 0 Å². The molecular formula is C56H108O4. The summed E-state index contributed by atoms with van der Waals surface area (Å²) in [5.74, 6) is -0.194. The van der Waals surface area contributed by atoms with Crippen LogP contribution in [0.4, 0.5) is 0 Å². The summed E-state index contributed by atoms with van der Waals surface area (Å²) in [5, 5.41) is 9.67. The second-order valence-corrected chi connectivity index (χ2v) is 18.7. The first-order valence-electron chi connectivity index (χ1n) is 27.4. The number of aliphatic hydroxyl groups excluding tert-OH is 1. The third kappa shape index (κ3) is 51.2. The molecule has 0 aromatic rings. The van der Waals surface area contributed by atoms with Gasteiger partial charge in [0, 0.05) is 13.0 Å². The summed E-state index contributed by atoms with van der Waals surface area (Å²) in [6.45, 7) is 5.40. The number of unbranched alkanes of at least 4 members (excludes halogenated alkanes) is 40. The Morgan fingerprint density at radius 2 is 0.700 bits per heavy atom. The van der Waals surface area contributed by atoms with Crippen molar-refractivity contribution in [1.29, 1.82) is 0 Å². The van der Waals surface area contributed by atoms with E-state index in [9.17, 15) is 9.90 Å². The van der Waals surface area contributed by atoms with Crippen molar-refractivity contribution in [2.24, 2.45) is 0 Å². The van der Waals surface area contributed by atoms with Gasteiger partial charge < -0.3 is 14.6 Å². The molecule has 1 N–H and O–H groups in total. The van der Waals surface area contributed by atoms with Crippen LogP contribution in [0.5, 0.6) is 0 Å². The van der Waals surface area contributed by atoms with E-state index < -0.39 is 6.10 Å². The molecule has 0 aliphatic rings. The summed E-state index contributed by atoms with van der Waals surface area (Å²) in [5.41, 5.74) is 0. The zero-order chi connectivity index (χ0) is 43.3. The molecule has 0 aliphatic heterocycles. The molecule has 0 amide bonds. The Bertz CT molecular complexity index is 852. The Balaban J connectivity index is 3.35. The average Bonchev–Trinajstić information content (AvgIpc) is 3.25. The van der Waals surface area contributed by atoms with E-state index in [-0.39, 0.29) is 12.6 Å². The summed E-state index contributed by atoms with van der Waals surface area (Å²) >= 11 is 0. The molecule has 0 saturated carbocycles. The van der Waals surface area contributed by atoms with E-state index in [0.717, 1.165) is 25.7 Å². The molecule has 4 nitrogen and oxygen atoms in total. The summed E-state index contributed by atoms with van der Waals surface area (Å²) in [6, 6.07) is 0. The highest BCUT2D eigenvalue weighted by molar-refractivity contribution is 5.69. The fourth-order valence-electron chi connectivity index (χ4n) is 8.42. The number of carbonyl (C=O) groups excluding carboxylic acids is 1. The maximum Gasteiger partial charge on any atom is 0.306 e. The molecule has 0 aromatic carbocycles. The standard InChI is InChI=1S/C56H108O4/c1-3-5-7-9-11-13-15-17-19-21-23-25-27-28-29-31-33-35-37-39-41-43-45-47-49-51-56(58)60-55(53-57)54-59-52-50-48-46-44-42-40-38-36-34-32-30-26-24-22-20-18-16-14-12-10-8-6-4-2/h15,17,21,23,55,57H,3-14,16,18-20,22,24-54H2,1-2H3/b17-15-,23-21-. The topological polar surface area (TPSA) is 55.8 Å². The Labute approximate surface area is 377 Å².